The lowest BCUT2D eigenvalue weighted by molar-refractivity contribution is 0.691. The first-order valence-electron chi connectivity index (χ1n) is 5.80. The van der Waals surface area contributed by atoms with Crippen molar-refractivity contribution in [1.29, 1.82) is 0 Å². The van der Waals surface area contributed by atoms with Gasteiger partial charge in [-0.05, 0) is 43.3 Å². The number of aryl methyl sites for hydroxylation is 1. The van der Waals surface area contributed by atoms with Gasteiger partial charge in [-0.25, -0.2) is 0 Å². The molecule has 3 heteroatoms. The van der Waals surface area contributed by atoms with Crippen LogP contribution in [0.5, 0.6) is 0 Å². The second-order valence-corrected chi connectivity index (χ2v) is 6.17. The molecular formula is C15H15Br2N. The van der Waals surface area contributed by atoms with E-state index in [2.05, 4.69) is 80.5 Å². The molecule has 2 aromatic rings. The maximum atomic E-state index is 3.54. The zero-order valence-electron chi connectivity index (χ0n) is 10.4. The molecule has 0 bridgehead atoms. The highest BCUT2D eigenvalue weighted by Gasteiger charge is 2.12. The van der Waals surface area contributed by atoms with Crippen LogP contribution < -0.4 is 5.32 Å². The Balaban J connectivity index is 2.41. The van der Waals surface area contributed by atoms with Crippen molar-refractivity contribution in [3.05, 3.63) is 68.1 Å². The molecule has 0 radical (unpaired) electrons. The lowest BCUT2D eigenvalue weighted by Gasteiger charge is -2.18. The van der Waals surface area contributed by atoms with E-state index in [4.69, 9.17) is 0 Å². The molecule has 1 N–H and O–H groups in total. The Morgan fingerprint density at radius 2 is 1.44 bits per heavy atom. The molecule has 94 valence electrons. The monoisotopic (exact) mass is 367 g/mol. The van der Waals surface area contributed by atoms with Gasteiger partial charge in [0.15, 0.2) is 0 Å². The molecule has 1 atom stereocenters. The van der Waals surface area contributed by atoms with Crippen molar-refractivity contribution in [3.63, 3.8) is 0 Å². The third kappa shape index (κ3) is 3.22. The van der Waals surface area contributed by atoms with Crippen molar-refractivity contribution in [2.75, 3.05) is 7.05 Å². The van der Waals surface area contributed by atoms with Gasteiger partial charge in [-0.15, -0.1) is 0 Å². The molecule has 0 aliphatic rings. The molecule has 0 aliphatic heterocycles. The van der Waals surface area contributed by atoms with E-state index in [1.807, 2.05) is 13.1 Å². The zero-order chi connectivity index (χ0) is 13.1. The number of nitrogens with one attached hydrogen (secondary N) is 1. The predicted molar refractivity (Wildman–Crippen MR) is 83.9 cm³/mol. The smallest absolute Gasteiger partial charge is 0.0575 e. The van der Waals surface area contributed by atoms with E-state index in [1.54, 1.807) is 0 Å². The summed E-state index contributed by atoms with van der Waals surface area (Å²) in [6.07, 6.45) is 0. The first kappa shape index (κ1) is 13.8. The molecule has 0 saturated heterocycles. The Kier molecular flexibility index (Phi) is 4.60. The van der Waals surface area contributed by atoms with Gasteiger partial charge >= 0.3 is 0 Å². The van der Waals surface area contributed by atoms with Gasteiger partial charge in [-0.1, -0.05) is 61.7 Å². The van der Waals surface area contributed by atoms with Gasteiger partial charge in [-0.2, -0.15) is 0 Å². The molecule has 1 nitrogen and oxygen atoms in total. The van der Waals surface area contributed by atoms with Gasteiger partial charge in [0, 0.05) is 8.95 Å². The van der Waals surface area contributed by atoms with Gasteiger partial charge in [-0.3, -0.25) is 0 Å². The van der Waals surface area contributed by atoms with Crippen LogP contribution in [0.2, 0.25) is 0 Å². The third-order valence-corrected chi connectivity index (χ3v) is 3.83. The summed E-state index contributed by atoms with van der Waals surface area (Å²) in [4.78, 5) is 0. The van der Waals surface area contributed by atoms with Crippen LogP contribution in [0.25, 0.3) is 0 Å². The van der Waals surface area contributed by atoms with Crippen LogP contribution in [0.1, 0.15) is 22.7 Å². The van der Waals surface area contributed by atoms with Gasteiger partial charge in [0.2, 0.25) is 0 Å². The highest BCUT2D eigenvalue weighted by Crippen LogP contribution is 2.28. The van der Waals surface area contributed by atoms with Crippen molar-refractivity contribution in [1.82, 2.24) is 5.32 Å². The number of hydrogen-bond donors (Lipinski definition) is 1. The molecule has 0 amide bonds. The highest BCUT2D eigenvalue weighted by atomic mass is 79.9. The van der Waals surface area contributed by atoms with Crippen LogP contribution in [0.15, 0.2) is 51.4 Å². The van der Waals surface area contributed by atoms with Crippen molar-refractivity contribution < 1.29 is 0 Å². The molecule has 2 aromatic carbocycles. The van der Waals surface area contributed by atoms with Gasteiger partial charge in [0.05, 0.1) is 6.04 Å². The minimum absolute atomic E-state index is 0.208. The van der Waals surface area contributed by atoms with Crippen LogP contribution in [0.3, 0.4) is 0 Å². The van der Waals surface area contributed by atoms with E-state index in [-0.39, 0.29) is 6.04 Å². The molecule has 0 saturated carbocycles. The lowest BCUT2D eigenvalue weighted by Crippen LogP contribution is -2.17. The maximum absolute atomic E-state index is 3.54. The Morgan fingerprint density at radius 1 is 0.889 bits per heavy atom. The minimum Gasteiger partial charge on any atom is -0.309 e. The summed E-state index contributed by atoms with van der Waals surface area (Å²) in [5.74, 6) is 0. The summed E-state index contributed by atoms with van der Waals surface area (Å²) in [5, 5.41) is 3.37. The lowest BCUT2D eigenvalue weighted by atomic mass is 9.98. The second kappa shape index (κ2) is 6.00. The first-order chi connectivity index (χ1) is 8.60. The molecule has 0 aliphatic carbocycles. The average Bonchev–Trinajstić information content (AvgIpc) is 2.31. The summed E-state index contributed by atoms with van der Waals surface area (Å²) in [6, 6.07) is 15.2. The van der Waals surface area contributed by atoms with E-state index >= 15 is 0 Å². The minimum atomic E-state index is 0.208. The summed E-state index contributed by atoms with van der Waals surface area (Å²) < 4.78 is 2.17. The van der Waals surface area contributed by atoms with E-state index < -0.39 is 0 Å². The molecule has 2 rings (SSSR count). The summed E-state index contributed by atoms with van der Waals surface area (Å²) >= 11 is 7.07. The second-order valence-electron chi connectivity index (χ2n) is 4.34. The number of halogens is 2. The topological polar surface area (TPSA) is 12.0 Å². The molecule has 0 aromatic heterocycles. The maximum Gasteiger partial charge on any atom is 0.0575 e. The van der Waals surface area contributed by atoms with Crippen molar-refractivity contribution in [3.8, 4) is 0 Å². The molecule has 18 heavy (non-hydrogen) atoms. The van der Waals surface area contributed by atoms with E-state index in [9.17, 15) is 0 Å². The summed E-state index contributed by atoms with van der Waals surface area (Å²) in [6.45, 7) is 2.11. The van der Waals surface area contributed by atoms with Gasteiger partial charge < -0.3 is 5.32 Å². The predicted octanol–water partition coefficient (Wildman–Crippen LogP) is 4.83. The van der Waals surface area contributed by atoms with Crippen LogP contribution >= 0.6 is 31.9 Å². The van der Waals surface area contributed by atoms with E-state index in [1.165, 1.54) is 16.7 Å². The largest absolute Gasteiger partial charge is 0.309 e. The molecular weight excluding hydrogens is 354 g/mol. The van der Waals surface area contributed by atoms with Crippen LogP contribution in [0.4, 0.5) is 0 Å². The Labute approximate surface area is 125 Å². The fourth-order valence-electron chi connectivity index (χ4n) is 2.03. The Morgan fingerprint density at radius 3 is 1.94 bits per heavy atom. The van der Waals surface area contributed by atoms with Crippen LogP contribution in [-0.4, -0.2) is 7.05 Å². The summed E-state index contributed by atoms with van der Waals surface area (Å²) in [7, 11) is 1.99. The van der Waals surface area contributed by atoms with Crippen LogP contribution in [-0.2, 0) is 0 Å². The average molecular weight is 369 g/mol. The van der Waals surface area contributed by atoms with E-state index in [0.717, 1.165) is 8.95 Å². The molecule has 0 spiro atoms. The number of rotatable bonds is 3. The highest BCUT2D eigenvalue weighted by molar-refractivity contribution is 9.11. The van der Waals surface area contributed by atoms with Crippen molar-refractivity contribution in [2.45, 2.75) is 13.0 Å². The van der Waals surface area contributed by atoms with Gasteiger partial charge in [0.1, 0.15) is 0 Å². The molecule has 0 heterocycles. The third-order valence-electron chi connectivity index (χ3n) is 2.92. The fraction of sp³-hybridized carbons (Fsp3) is 0.200. The van der Waals surface area contributed by atoms with Crippen molar-refractivity contribution >= 4 is 31.9 Å². The van der Waals surface area contributed by atoms with Crippen LogP contribution in [0, 0.1) is 6.92 Å². The zero-order valence-corrected chi connectivity index (χ0v) is 13.5. The SMILES string of the molecule is CNC(c1ccc(C)cc1)c1cc(Br)cc(Br)c1. The Bertz CT molecular complexity index is 514. The van der Waals surface area contributed by atoms with Crippen molar-refractivity contribution in [2.24, 2.45) is 0 Å². The fourth-order valence-corrected chi connectivity index (χ4v) is 3.36. The first-order valence-corrected chi connectivity index (χ1v) is 7.38. The standard InChI is InChI=1S/C15H15Br2N/c1-10-3-5-11(6-4-10)15(18-2)12-7-13(16)9-14(17)8-12/h3-9,15,18H,1-2H3. The normalized spacial score (nSPS) is 12.4. The van der Waals surface area contributed by atoms with E-state index in [0.29, 0.717) is 0 Å². The number of hydrogen-bond acceptors (Lipinski definition) is 1. The Hall–Kier alpha value is -0.640. The molecule has 0 fully saturated rings. The van der Waals surface area contributed by atoms with Gasteiger partial charge in [0.25, 0.3) is 0 Å². The molecule has 1 unspecified atom stereocenters. The number of benzene rings is 2. The summed E-state index contributed by atoms with van der Waals surface area (Å²) in [5.41, 5.74) is 3.79. The quantitative estimate of drug-likeness (QED) is 0.818.